The maximum absolute atomic E-state index is 12.2. The van der Waals surface area contributed by atoms with Gasteiger partial charge in [-0.25, -0.2) is 13.6 Å². The van der Waals surface area contributed by atoms with Gasteiger partial charge in [0.15, 0.2) is 0 Å². The first kappa shape index (κ1) is 25.0. The number of nitrogens with zero attached hydrogens (tertiary/aromatic N) is 2. The number of sulfonamides is 1. The molecule has 1 saturated heterocycles. The maximum atomic E-state index is 12.2. The van der Waals surface area contributed by atoms with Crippen LogP contribution in [0.15, 0.2) is 53.4 Å². The van der Waals surface area contributed by atoms with Crippen molar-refractivity contribution < 1.29 is 31.1 Å². The minimum Gasteiger partial charge on any atom is -0.406 e. The van der Waals surface area contributed by atoms with Gasteiger partial charge >= 0.3 is 6.36 Å². The number of nitrogens with one attached hydrogen (secondary N) is 1. The number of hydrogen-bond donors (Lipinski definition) is 2. The molecule has 0 atom stereocenters. The average Bonchev–Trinajstić information content (AvgIpc) is 2.73. The Morgan fingerprint density at radius 3 is 2.27 bits per heavy atom. The fraction of sp³-hybridized carbons (Fsp3) is 0.381. The number of hydrogen-bond acceptors (Lipinski definition) is 6. The summed E-state index contributed by atoms with van der Waals surface area (Å²) in [7, 11) is -3.84. The van der Waals surface area contributed by atoms with Crippen LogP contribution in [0.5, 0.6) is 5.75 Å². The van der Waals surface area contributed by atoms with Gasteiger partial charge < -0.3 is 15.0 Å². The van der Waals surface area contributed by atoms with Gasteiger partial charge in [-0.1, -0.05) is 18.2 Å². The molecule has 0 aromatic heterocycles. The van der Waals surface area contributed by atoms with Crippen molar-refractivity contribution in [3.05, 3.63) is 54.1 Å². The third-order valence-electron chi connectivity index (χ3n) is 5.13. The summed E-state index contributed by atoms with van der Waals surface area (Å²) in [6.45, 7) is 4.20. The first-order valence-corrected chi connectivity index (χ1v) is 11.7. The molecule has 1 fully saturated rings. The van der Waals surface area contributed by atoms with Crippen molar-refractivity contribution in [3.63, 3.8) is 0 Å². The maximum Gasteiger partial charge on any atom is 0.573 e. The van der Waals surface area contributed by atoms with Gasteiger partial charge in [0.2, 0.25) is 15.9 Å². The number of anilines is 1. The Hall–Kier alpha value is -2.67. The Balaban J connectivity index is 1.39. The van der Waals surface area contributed by atoms with Crippen molar-refractivity contribution in [1.29, 1.82) is 0 Å². The van der Waals surface area contributed by atoms with Crippen LogP contribution in [0.1, 0.15) is 12.0 Å². The molecule has 0 aliphatic carbocycles. The van der Waals surface area contributed by atoms with Gasteiger partial charge in [0.25, 0.3) is 0 Å². The lowest BCUT2D eigenvalue weighted by Crippen LogP contribution is -2.46. The number of nitrogens with two attached hydrogens (primary N) is 1. The summed E-state index contributed by atoms with van der Waals surface area (Å²) >= 11 is 0. The molecule has 180 valence electrons. The number of ether oxygens (including phenoxy) is 1. The van der Waals surface area contributed by atoms with Crippen molar-refractivity contribution in [2.45, 2.75) is 24.2 Å². The summed E-state index contributed by atoms with van der Waals surface area (Å²) in [5.74, 6) is -0.476. The van der Waals surface area contributed by atoms with E-state index in [0.717, 1.165) is 31.7 Å². The van der Waals surface area contributed by atoms with E-state index in [4.69, 9.17) is 5.14 Å². The Morgan fingerprint density at radius 2 is 1.67 bits per heavy atom. The van der Waals surface area contributed by atoms with Gasteiger partial charge in [0.05, 0.1) is 4.90 Å². The van der Waals surface area contributed by atoms with E-state index < -0.39 is 16.4 Å². The van der Waals surface area contributed by atoms with Crippen LogP contribution in [0, 0.1) is 0 Å². The monoisotopic (exact) mass is 486 g/mol. The van der Waals surface area contributed by atoms with Gasteiger partial charge in [-0.3, -0.25) is 9.69 Å². The Kier molecular flexibility index (Phi) is 7.95. The normalized spacial score (nSPS) is 15.9. The van der Waals surface area contributed by atoms with Crippen molar-refractivity contribution in [2.75, 3.05) is 38.0 Å². The molecule has 1 aliphatic rings. The number of carbonyl (C=O) groups excluding carboxylic acids is 1. The molecule has 0 saturated carbocycles. The van der Waals surface area contributed by atoms with E-state index >= 15 is 0 Å². The Bertz CT molecular complexity index is 1050. The molecule has 3 rings (SSSR count). The highest BCUT2D eigenvalue weighted by atomic mass is 32.2. The van der Waals surface area contributed by atoms with Crippen molar-refractivity contribution >= 4 is 21.6 Å². The molecule has 33 heavy (non-hydrogen) atoms. The smallest absolute Gasteiger partial charge is 0.406 e. The second-order valence-corrected chi connectivity index (χ2v) is 9.24. The summed E-state index contributed by atoms with van der Waals surface area (Å²) in [5.41, 5.74) is 1.25. The summed E-state index contributed by atoms with van der Waals surface area (Å²) in [4.78, 5) is 16.5. The van der Waals surface area contributed by atoms with Crippen LogP contribution in [0.3, 0.4) is 0 Å². The van der Waals surface area contributed by atoms with E-state index in [0.29, 0.717) is 18.8 Å². The largest absolute Gasteiger partial charge is 0.573 e. The predicted molar refractivity (Wildman–Crippen MR) is 116 cm³/mol. The number of benzene rings is 2. The highest BCUT2D eigenvalue weighted by Gasteiger charge is 2.31. The number of carbonyl (C=O) groups is 1. The highest BCUT2D eigenvalue weighted by Crippen LogP contribution is 2.23. The number of amides is 1. The van der Waals surface area contributed by atoms with Crippen LogP contribution in [-0.4, -0.2) is 63.2 Å². The van der Waals surface area contributed by atoms with Crippen LogP contribution in [-0.2, 0) is 21.4 Å². The quantitative estimate of drug-likeness (QED) is 0.594. The van der Waals surface area contributed by atoms with E-state index in [-0.39, 0.29) is 23.0 Å². The molecular weight excluding hydrogens is 461 g/mol. The van der Waals surface area contributed by atoms with Crippen LogP contribution >= 0.6 is 0 Å². The van der Waals surface area contributed by atoms with Gasteiger partial charge in [-0.05, 0) is 35.9 Å². The highest BCUT2D eigenvalue weighted by molar-refractivity contribution is 7.89. The lowest BCUT2D eigenvalue weighted by molar-refractivity contribution is -0.274. The first-order chi connectivity index (χ1) is 15.5. The predicted octanol–water partition coefficient (Wildman–Crippen LogP) is 2.38. The zero-order valence-corrected chi connectivity index (χ0v) is 18.5. The van der Waals surface area contributed by atoms with E-state index in [2.05, 4.69) is 19.9 Å². The molecule has 2 aromatic carbocycles. The number of alkyl halides is 3. The zero-order chi connectivity index (χ0) is 24.1. The molecule has 2 aromatic rings. The number of piperazine rings is 1. The van der Waals surface area contributed by atoms with E-state index in [1.54, 1.807) is 18.2 Å². The van der Waals surface area contributed by atoms with Gasteiger partial charge in [-0.15, -0.1) is 13.2 Å². The molecule has 0 bridgehead atoms. The lowest BCUT2D eigenvalue weighted by atomic mass is 10.2. The van der Waals surface area contributed by atoms with Crippen LogP contribution in [0.2, 0.25) is 0 Å². The third kappa shape index (κ3) is 8.31. The molecule has 0 spiro atoms. The second kappa shape index (κ2) is 10.5. The first-order valence-electron chi connectivity index (χ1n) is 10.2. The molecule has 3 N–H and O–H groups in total. The molecule has 0 unspecified atom stereocenters. The fourth-order valence-electron chi connectivity index (χ4n) is 3.46. The molecule has 1 heterocycles. The molecule has 12 heteroatoms. The molecule has 0 radical (unpaired) electrons. The van der Waals surface area contributed by atoms with Crippen molar-refractivity contribution in [2.24, 2.45) is 5.14 Å². The summed E-state index contributed by atoms with van der Waals surface area (Å²) < 4.78 is 63.5. The summed E-state index contributed by atoms with van der Waals surface area (Å²) in [6.07, 6.45) is -4.45. The Labute approximate surface area is 190 Å². The summed E-state index contributed by atoms with van der Waals surface area (Å²) in [6, 6.07) is 11.6. The number of halogens is 3. The standard InChI is InChI=1S/C21H25F3N4O4S/c22-21(23,24)32-18-6-4-16(5-7-18)15-28-12-10-27(11-13-28)9-8-20(29)26-17-2-1-3-19(14-17)33(25,30)31/h1-7,14H,8-13,15H2,(H,26,29)(H2,25,30,31). The SMILES string of the molecule is NS(=O)(=O)c1cccc(NC(=O)CCN2CCN(Cc3ccc(OC(F)(F)F)cc3)CC2)c1. The minimum atomic E-state index is -4.70. The second-order valence-electron chi connectivity index (χ2n) is 7.68. The third-order valence-corrected chi connectivity index (χ3v) is 6.04. The number of primary sulfonamides is 1. The Morgan fingerprint density at radius 1 is 1.03 bits per heavy atom. The van der Waals surface area contributed by atoms with Crippen LogP contribution in [0.4, 0.5) is 18.9 Å². The average molecular weight is 487 g/mol. The molecular formula is C21H25F3N4O4S. The molecule has 1 amide bonds. The van der Waals surface area contributed by atoms with Crippen LogP contribution in [0.25, 0.3) is 0 Å². The van der Waals surface area contributed by atoms with Crippen molar-refractivity contribution in [1.82, 2.24) is 9.80 Å². The number of rotatable bonds is 8. The molecule has 8 nitrogen and oxygen atoms in total. The lowest BCUT2D eigenvalue weighted by Gasteiger charge is -2.34. The van der Waals surface area contributed by atoms with Gasteiger partial charge in [0, 0.05) is 51.4 Å². The molecule has 1 aliphatic heterocycles. The zero-order valence-electron chi connectivity index (χ0n) is 17.7. The van der Waals surface area contributed by atoms with E-state index in [9.17, 15) is 26.4 Å². The van der Waals surface area contributed by atoms with Gasteiger partial charge in [-0.2, -0.15) is 0 Å². The van der Waals surface area contributed by atoms with E-state index in [1.165, 1.54) is 30.3 Å². The van der Waals surface area contributed by atoms with Crippen LogP contribution < -0.4 is 15.2 Å². The fourth-order valence-corrected chi connectivity index (χ4v) is 4.02. The van der Waals surface area contributed by atoms with Gasteiger partial charge in [0.1, 0.15) is 5.75 Å². The van der Waals surface area contributed by atoms with E-state index in [1.807, 2.05) is 0 Å². The minimum absolute atomic E-state index is 0.0704. The van der Waals surface area contributed by atoms with Crippen molar-refractivity contribution in [3.8, 4) is 5.75 Å². The topological polar surface area (TPSA) is 105 Å². The summed E-state index contributed by atoms with van der Waals surface area (Å²) in [5, 5.41) is 7.78.